The van der Waals surface area contributed by atoms with Crippen molar-refractivity contribution in [1.82, 2.24) is 0 Å². The van der Waals surface area contributed by atoms with E-state index in [2.05, 4.69) is 71.4 Å². The lowest BCUT2D eigenvalue weighted by molar-refractivity contribution is -0.776. The van der Waals surface area contributed by atoms with Crippen molar-refractivity contribution in [1.29, 1.82) is 0 Å². The van der Waals surface area contributed by atoms with E-state index in [0.29, 0.717) is 5.54 Å². The zero-order chi connectivity index (χ0) is 16.1. The van der Waals surface area contributed by atoms with Crippen LogP contribution in [0.3, 0.4) is 0 Å². The maximum Gasteiger partial charge on any atom is 0.171 e. The summed E-state index contributed by atoms with van der Waals surface area (Å²) in [5.74, 6) is 2.99. The molecule has 4 bridgehead atoms. The van der Waals surface area contributed by atoms with Crippen LogP contribution in [-0.2, 0) is 5.54 Å². The van der Waals surface area contributed by atoms with Gasteiger partial charge in [0.2, 0.25) is 0 Å². The molecule has 0 spiro atoms. The number of anilines is 2. The lowest BCUT2D eigenvalue weighted by Crippen LogP contribution is -3.00. The normalized spacial score (nSPS) is 32.3. The molecule has 0 aliphatic heterocycles. The molecule has 1 aromatic heterocycles. The Labute approximate surface area is 161 Å². The minimum Gasteiger partial charge on any atom is -1.00 e. The maximum absolute atomic E-state index is 2.57. The third-order valence-electron chi connectivity index (χ3n) is 6.90. The van der Waals surface area contributed by atoms with Crippen molar-refractivity contribution in [3.05, 3.63) is 54.9 Å². The van der Waals surface area contributed by atoms with Crippen LogP contribution >= 0.6 is 0 Å². The van der Waals surface area contributed by atoms with E-state index in [9.17, 15) is 0 Å². The number of hydrogen-bond donors (Lipinski definition) is 0. The zero-order valence-corrected chi connectivity index (χ0v) is 16.5. The Morgan fingerprint density at radius 3 is 1.80 bits per heavy atom. The molecule has 6 rings (SSSR count). The van der Waals surface area contributed by atoms with E-state index in [1.54, 1.807) is 0 Å². The van der Waals surface area contributed by atoms with Crippen molar-refractivity contribution in [3.63, 3.8) is 0 Å². The molecular weight excluding hydrogens is 372 g/mol. The summed E-state index contributed by atoms with van der Waals surface area (Å²) in [6, 6.07) is 15.2. The average molecular weight is 399 g/mol. The van der Waals surface area contributed by atoms with Gasteiger partial charge in [0.25, 0.3) is 0 Å². The Bertz CT molecular complexity index is 690. The van der Waals surface area contributed by atoms with Crippen molar-refractivity contribution < 1.29 is 21.5 Å². The minimum absolute atomic E-state index is 0. The summed E-state index contributed by atoms with van der Waals surface area (Å²) in [5, 5.41) is 0. The fourth-order valence-electron chi connectivity index (χ4n) is 6.14. The van der Waals surface area contributed by atoms with Gasteiger partial charge in [-0.2, -0.15) is 4.57 Å². The Hall–Kier alpha value is -1.35. The molecule has 4 saturated carbocycles. The molecule has 0 unspecified atom stereocenters. The second kappa shape index (κ2) is 6.42. The zero-order valence-electron chi connectivity index (χ0n) is 14.9. The molecule has 4 aliphatic carbocycles. The van der Waals surface area contributed by atoms with Crippen molar-refractivity contribution in [2.24, 2.45) is 17.8 Å². The standard InChI is InChI=1S/C22H27N2.BrH/c1-23(20-5-3-2-4-6-20)21-7-9-24(10-8-21)22-14-17-11-18(15-22)13-19(12-17)16-22;/h2-10,17-19H,11-16H2,1H3;1H/q+1;/p-1. The third kappa shape index (κ3) is 2.91. The van der Waals surface area contributed by atoms with Crippen LogP contribution in [0.5, 0.6) is 0 Å². The van der Waals surface area contributed by atoms with E-state index < -0.39 is 0 Å². The first-order valence-electron chi connectivity index (χ1n) is 9.52. The number of halogens is 1. The van der Waals surface area contributed by atoms with Crippen LogP contribution in [0.15, 0.2) is 54.9 Å². The van der Waals surface area contributed by atoms with Gasteiger partial charge in [-0.15, -0.1) is 0 Å². The number of aromatic nitrogens is 1. The molecule has 0 N–H and O–H groups in total. The molecule has 4 aliphatic rings. The molecule has 3 heteroatoms. The molecule has 0 radical (unpaired) electrons. The molecule has 1 aromatic carbocycles. The van der Waals surface area contributed by atoms with E-state index in [1.165, 1.54) is 49.9 Å². The van der Waals surface area contributed by atoms with E-state index in [-0.39, 0.29) is 17.0 Å². The van der Waals surface area contributed by atoms with Gasteiger partial charge in [0, 0.05) is 44.1 Å². The van der Waals surface area contributed by atoms with Crippen LogP contribution in [0.2, 0.25) is 0 Å². The number of rotatable bonds is 3. The molecule has 25 heavy (non-hydrogen) atoms. The van der Waals surface area contributed by atoms with Crippen LogP contribution in [0.25, 0.3) is 0 Å². The number of benzene rings is 1. The van der Waals surface area contributed by atoms with Crippen LogP contribution in [0, 0.1) is 17.8 Å². The van der Waals surface area contributed by atoms with E-state index >= 15 is 0 Å². The number of para-hydroxylation sites is 1. The molecular formula is C22H27BrN2. The third-order valence-corrected chi connectivity index (χ3v) is 6.90. The van der Waals surface area contributed by atoms with Gasteiger partial charge in [0.15, 0.2) is 17.9 Å². The summed E-state index contributed by atoms with van der Waals surface area (Å²) in [4.78, 5) is 2.27. The van der Waals surface area contributed by atoms with Gasteiger partial charge in [-0.1, -0.05) is 18.2 Å². The predicted octanol–water partition coefficient (Wildman–Crippen LogP) is 1.67. The first-order chi connectivity index (χ1) is 11.7. The van der Waals surface area contributed by atoms with Gasteiger partial charge in [0.05, 0.1) is 5.69 Å². The smallest absolute Gasteiger partial charge is 0.171 e. The van der Waals surface area contributed by atoms with Crippen molar-refractivity contribution in [2.45, 2.75) is 44.1 Å². The fraction of sp³-hybridized carbons (Fsp3) is 0.500. The van der Waals surface area contributed by atoms with Gasteiger partial charge in [0.1, 0.15) is 0 Å². The SMILES string of the molecule is CN(c1ccccc1)c1cc[n+](C23CC4CC(CC(C4)C2)C3)cc1.[Br-]. The molecule has 0 saturated heterocycles. The second-order valence-corrected chi connectivity index (χ2v) is 8.50. The van der Waals surface area contributed by atoms with E-state index in [0.717, 1.165) is 17.8 Å². The summed E-state index contributed by atoms with van der Waals surface area (Å²) in [6.07, 6.45) is 13.5. The Balaban J connectivity index is 0.00000157. The monoisotopic (exact) mass is 398 g/mol. The first kappa shape index (κ1) is 17.1. The number of nitrogens with zero attached hydrogens (tertiary/aromatic N) is 2. The lowest BCUT2D eigenvalue weighted by atomic mass is 9.53. The summed E-state index contributed by atoms with van der Waals surface area (Å²) in [6.45, 7) is 0. The quantitative estimate of drug-likeness (QED) is 0.713. The summed E-state index contributed by atoms with van der Waals surface area (Å²) in [7, 11) is 2.15. The van der Waals surface area contributed by atoms with Gasteiger partial charge in [-0.25, -0.2) is 0 Å². The van der Waals surface area contributed by atoms with Gasteiger partial charge in [-0.05, 0) is 49.1 Å². The van der Waals surface area contributed by atoms with Gasteiger partial charge in [-0.3, -0.25) is 0 Å². The predicted molar refractivity (Wildman–Crippen MR) is 97.3 cm³/mol. The highest BCUT2D eigenvalue weighted by Crippen LogP contribution is 2.56. The first-order valence-corrected chi connectivity index (χ1v) is 9.52. The van der Waals surface area contributed by atoms with Crippen molar-refractivity contribution in [2.75, 3.05) is 11.9 Å². The number of hydrogen-bond acceptors (Lipinski definition) is 1. The largest absolute Gasteiger partial charge is 1.00 e. The molecule has 4 fully saturated rings. The fourth-order valence-corrected chi connectivity index (χ4v) is 6.14. The Morgan fingerprint density at radius 2 is 1.28 bits per heavy atom. The average Bonchev–Trinajstić information content (AvgIpc) is 2.61. The Morgan fingerprint density at radius 1 is 0.800 bits per heavy atom. The number of pyridine rings is 1. The summed E-state index contributed by atoms with van der Waals surface area (Å²) < 4.78 is 2.57. The van der Waals surface area contributed by atoms with E-state index in [4.69, 9.17) is 0 Å². The molecule has 2 aromatic rings. The van der Waals surface area contributed by atoms with Gasteiger partial charge >= 0.3 is 0 Å². The van der Waals surface area contributed by atoms with Crippen LogP contribution < -0.4 is 26.4 Å². The van der Waals surface area contributed by atoms with Crippen LogP contribution in [-0.4, -0.2) is 7.05 Å². The lowest BCUT2D eigenvalue weighted by Gasteiger charge is -2.53. The highest BCUT2D eigenvalue weighted by molar-refractivity contribution is 5.61. The minimum atomic E-state index is 0. The van der Waals surface area contributed by atoms with E-state index in [1.807, 2.05) is 0 Å². The maximum atomic E-state index is 2.57. The highest BCUT2D eigenvalue weighted by Gasteiger charge is 2.56. The molecule has 0 atom stereocenters. The molecule has 1 heterocycles. The molecule has 132 valence electrons. The summed E-state index contributed by atoms with van der Waals surface area (Å²) >= 11 is 0. The Kier molecular flexibility index (Phi) is 4.39. The summed E-state index contributed by atoms with van der Waals surface area (Å²) in [5.41, 5.74) is 2.94. The van der Waals surface area contributed by atoms with Crippen molar-refractivity contribution in [3.8, 4) is 0 Å². The second-order valence-electron chi connectivity index (χ2n) is 8.50. The molecule has 0 amide bonds. The van der Waals surface area contributed by atoms with Gasteiger partial charge < -0.3 is 21.9 Å². The van der Waals surface area contributed by atoms with Crippen molar-refractivity contribution >= 4 is 11.4 Å². The topological polar surface area (TPSA) is 7.12 Å². The van der Waals surface area contributed by atoms with Crippen LogP contribution in [0.4, 0.5) is 11.4 Å². The molecule has 2 nitrogen and oxygen atoms in total. The van der Waals surface area contributed by atoms with Crippen LogP contribution in [0.1, 0.15) is 38.5 Å². The highest BCUT2D eigenvalue weighted by atomic mass is 79.9.